The maximum atomic E-state index is 14.7. The number of fused-ring (bicyclic) bond motifs is 1. The molecule has 2 fully saturated rings. The normalized spacial score (nSPS) is 22.4. The molecule has 3 atom stereocenters. The molecule has 0 aromatic heterocycles. The summed E-state index contributed by atoms with van der Waals surface area (Å²) in [6.45, 7) is 6.31. The third kappa shape index (κ3) is 4.40. The standard InChI is InChI=1S/C27H28F5N3OSi/c1-37(2,3)36-27(17-10-6-4-7-11-17,18-12-8-5-9-13-18)19-14-15-20-33-35(16-34(19)20)26-24(31)22(29)21(28)23(30)25(26)32/h4-13,19-20,33H,14-16H2,1-3H3/p+1/t19-,20?/m1/s1. The summed E-state index contributed by atoms with van der Waals surface area (Å²) in [5.74, 6) is -9.71. The number of benzene rings is 3. The molecule has 0 bridgehead atoms. The molecule has 37 heavy (non-hydrogen) atoms. The average molecular weight is 535 g/mol. The van der Waals surface area contributed by atoms with Crippen molar-refractivity contribution in [2.75, 3.05) is 6.67 Å². The van der Waals surface area contributed by atoms with Gasteiger partial charge in [0, 0.05) is 0 Å². The highest BCUT2D eigenvalue weighted by atomic mass is 28.4. The Hall–Kier alpha value is -2.63. The van der Waals surface area contributed by atoms with Crippen molar-refractivity contribution in [2.24, 2.45) is 0 Å². The van der Waals surface area contributed by atoms with Crippen LogP contribution < -0.4 is 10.4 Å². The molecule has 0 spiro atoms. The smallest absolute Gasteiger partial charge is 0.230 e. The summed E-state index contributed by atoms with van der Waals surface area (Å²) in [7, 11) is -2.20. The first-order valence-electron chi connectivity index (χ1n) is 12.3. The highest BCUT2D eigenvalue weighted by molar-refractivity contribution is 6.69. The van der Waals surface area contributed by atoms with E-state index in [9.17, 15) is 22.0 Å². The largest absolute Gasteiger partial charge is 0.403 e. The van der Waals surface area contributed by atoms with Crippen molar-refractivity contribution < 1.29 is 31.4 Å². The lowest BCUT2D eigenvalue weighted by Crippen LogP contribution is -3.13. The summed E-state index contributed by atoms with van der Waals surface area (Å²) in [5, 5.41) is -0.0227. The maximum Gasteiger partial charge on any atom is 0.230 e. The molecule has 0 saturated carbocycles. The van der Waals surface area contributed by atoms with E-state index in [2.05, 4.69) is 25.1 Å². The summed E-state index contributed by atoms with van der Waals surface area (Å²) < 4.78 is 78.2. The van der Waals surface area contributed by atoms with Crippen LogP contribution in [0.15, 0.2) is 60.7 Å². The molecule has 10 heteroatoms. The molecule has 196 valence electrons. The SMILES string of the molecule is C[Si](C)(C)OC(c1ccccc1)(c1ccccc1)[C@H]1CCC2N[NH+](c3c(F)c(F)c(F)c(F)c3F)CN21. The fourth-order valence-electron chi connectivity index (χ4n) is 5.72. The molecule has 5 rings (SSSR count). The predicted octanol–water partition coefficient (Wildman–Crippen LogP) is 4.96. The number of nitrogens with zero attached hydrogens (tertiary/aromatic N) is 1. The summed E-state index contributed by atoms with van der Waals surface area (Å²) in [5.41, 5.74) is 3.13. The van der Waals surface area contributed by atoms with Gasteiger partial charge in [-0.1, -0.05) is 60.7 Å². The predicted molar refractivity (Wildman–Crippen MR) is 132 cm³/mol. The third-order valence-electron chi connectivity index (χ3n) is 7.05. The molecule has 4 nitrogen and oxygen atoms in total. The van der Waals surface area contributed by atoms with E-state index >= 15 is 0 Å². The van der Waals surface area contributed by atoms with Gasteiger partial charge in [0.1, 0.15) is 11.8 Å². The van der Waals surface area contributed by atoms with E-state index < -0.39 is 48.7 Å². The van der Waals surface area contributed by atoms with Crippen molar-refractivity contribution >= 4 is 14.0 Å². The van der Waals surface area contributed by atoms with Crippen molar-refractivity contribution in [3.05, 3.63) is 101 Å². The van der Waals surface area contributed by atoms with Crippen LogP contribution >= 0.6 is 0 Å². The molecule has 2 unspecified atom stereocenters. The summed E-state index contributed by atoms with van der Waals surface area (Å²) in [6.07, 6.45) is 0.975. The molecule has 2 heterocycles. The lowest BCUT2D eigenvalue weighted by atomic mass is 9.79. The molecule has 3 aromatic carbocycles. The van der Waals surface area contributed by atoms with E-state index in [0.29, 0.717) is 12.8 Å². The van der Waals surface area contributed by atoms with Crippen LogP contribution in [0.3, 0.4) is 0 Å². The van der Waals surface area contributed by atoms with Gasteiger partial charge < -0.3 is 4.43 Å². The van der Waals surface area contributed by atoms with Crippen LogP contribution in [0.5, 0.6) is 0 Å². The Morgan fingerprint density at radius 1 is 0.784 bits per heavy atom. The second-order valence-electron chi connectivity index (χ2n) is 10.5. The zero-order valence-corrected chi connectivity index (χ0v) is 21.8. The van der Waals surface area contributed by atoms with Crippen LogP contribution in [0, 0.1) is 29.1 Å². The van der Waals surface area contributed by atoms with Gasteiger partial charge in [-0.25, -0.2) is 23.1 Å². The van der Waals surface area contributed by atoms with E-state index in [-0.39, 0.29) is 23.9 Å². The van der Waals surface area contributed by atoms with Crippen molar-refractivity contribution in [3.8, 4) is 0 Å². The monoisotopic (exact) mass is 534 g/mol. The van der Waals surface area contributed by atoms with Gasteiger partial charge in [0.25, 0.3) is 0 Å². The first-order chi connectivity index (χ1) is 17.5. The van der Waals surface area contributed by atoms with Gasteiger partial charge in [-0.2, -0.15) is 8.78 Å². The van der Waals surface area contributed by atoms with Crippen LogP contribution in [-0.2, 0) is 10.0 Å². The van der Waals surface area contributed by atoms with Gasteiger partial charge in [-0.05, 0) is 43.6 Å². The summed E-state index contributed by atoms with van der Waals surface area (Å²) in [4.78, 5) is 2.04. The van der Waals surface area contributed by atoms with E-state index in [1.54, 1.807) is 0 Å². The van der Waals surface area contributed by atoms with E-state index in [4.69, 9.17) is 4.43 Å². The number of hydrogen-bond donors (Lipinski definition) is 2. The molecule has 0 amide bonds. The summed E-state index contributed by atoms with van der Waals surface area (Å²) >= 11 is 0. The van der Waals surface area contributed by atoms with Crippen LogP contribution in [0.1, 0.15) is 24.0 Å². The van der Waals surface area contributed by atoms with E-state index in [1.807, 2.05) is 65.6 Å². The maximum absolute atomic E-state index is 14.7. The minimum absolute atomic E-state index is 0.00976. The van der Waals surface area contributed by atoms with Gasteiger partial charge in [0.2, 0.25) is 34.8 Å². The fourth-order valence-corrected chi connectivity index (χ4v) is 7.06. The Morgan fingerprint density at radius 3 is 1.76 bits per heavy atom. The zero-order valence-electron chi connectivity index (χ0n) is 20.8. The molecule has 2 aliphatic rings. The molecule has 0 aliphatic carbocycles. The Morgan fingerprint density at radius 2 is 1.27 bits per heavy atom. The number of hydrogen-bond acceptors (Lipinski definition) is 3. The molecular weight excluding hydrogens is 505 g/mol. The van der Waals surface area contributed by atoms with Gasteiger partial charge in [0.05, 0.1) is 6.04 Å². The average Bonchev–Trinajstić information content (AvgIpc) is 3.47. The molecule has 2 aliphatic heterocycles. The van der Waals surface area contributed by atoms with Gasteiger partial charge in [-0.3, -0.25) is 0 Å². The molecule has 2 saturated heterocycles. The quantitative estimate of drug-likeness (QED) is 0.203. The minimum atomic E-state index is -2.20. The Balaban J connectivity index is 1.62. The highest BCUT2D eigenvalue weighted by Gasteiger charge is 2.56. The number of rotatable bonds is 6. The first kappa shape index (κ1) is 26.0. The van der Waals surface area contributed by atoms with Crippen LogP contribution in [0.25, 0.3) is 0 Å². The van der Waals surface area contributed by atoms with Crippen LogP contribution in [-0.4, -0.2) is 32.1 Å². The summed E-state index contributed by atoms with van der Waals surface area (Å²) in [6, 6.07) is 19.4. The molecular formula is C27H29F5N3OSi+. The molecule has 0 radical (unpaired) electrons. The fraction of sp³-hybridized carbons (Fsp3) is 0.333. The van der Waals surface area contributed by atoms with E-state index in [0.717, 1.165) is 11.1 Å². The van der Waals surface area contributed by atoms with Crippen molar-refractivity contribution in [1.82, 2.24) is 10.3 Å². The van der Waals surface area contributed by atoms with Gasteiger partial charge in [0.15, 0.2) is 15.0 Å². The Kier molecular flexibility index (Phi) is 6.74. The third-order valence-corrected chi connectivity index (χ3v) is 7.98. The van der Waals surface area contributed by atoms with Gasteiger partial charge >= 0.3 is 0 Å². The Labute approximate surface area is 213 Å². The molecule has 2 N–H and O–H groups in total. The number of halogens is 5. The Bertz CT molecular complexity index is 1220. The highest BCUT2D eigenvalue weighted by Crippen LogP contribution is 2.46. The van der Waals surface area contributed by atoms with Crippen molar-refractivity contribution in [2.45, 2.75) is 50.3 Å². The molecule has 3 aromatic rings. The van der Waals surface area contributed by atoms with Crippen LogP contribution in [0.4, 0.5) is 27.6 Å². The minimum Gasteiger partial charge on any atom is -0.403 e. The zero-order chi connectivity index (χ0) is 26.5. The first-order valence-corrected chi connectivity index (χ1v) is 15.7. The van der Waals surface area contributed by atoms with E-state index in [1.165, 1.54) is 0 Å². The van der Waals surface area contributed by atoms with Crippen molar-refractivity contribution in [1.29, 1.82) is 0 Å². The second-order valence-corrected chi connectivity index (χ2v) is 15.0. The second kappa shape index (κ2) is 9.59. The number of quaternary nitrogens is 1. The van der Waals surface area contributed by atoms with Crippen LogP contribution in [0.2, 0.25) is 19.6 Å². The van der Waals surface area contributed by atoms with Gasteiger partial charge in [-0.15, -0.1) is 5.43 Å². The topological polar surface area (TPSA) is 28.9 Å². The van der Waals surface area contributed by atoms with Crippen molar-refractivity contribution in [3.63, 3.8) is 0 Å². The lowest BCUT2D eigenvalue weighted by Gasteiger charge is -2.46. The lowest BCUT2D eigenvalue weighted by molar-refractivity contribution is -0.875. The number of nitrogens with one attached hydrogen (secondary N) is 2.